The summed E-state index contributed by atoms with van der Waals surface area (Å²) in [4.78, 5) is 38.8. The molecule has 1 heterocycles. The van der Waals surface area contributed by atoms with Gasteiger partial charge in [0.25, 0.3) is 17.7 Å². The third kappa shape index (κ3) is 3.50. The number of amides is 3. The van der Waals surface area contributed by atoms with Crippen LogP contribution in [0.3, 0.4) is 0 Å². The zero-order valence-corrected chi connectivity index (χ0v) is 15.0. The molecule has 0 fully saturated rings. The summed E-state index contributed by atoms with van der Waals surface area (Å²) in [5.74, 6) is -3.30. The lowest BCUT2D eigenvalue weighted by Gasteiger charge is -2.13. The molecule has 1 aliphatic heterocycles. The largest absolute Gasteiger partial charge is 0.319 e. The van der Waals surface area contributed by atoms with Gasteiger partial charge < -0.3 is 5.32 Å². The van der Waals surface area contributed by atoms with Crippen molar-refractivity contribution in [1.29, 1.82) is 0 Å². The molecule has 4 rings (SSSR count). The van der Waals surface area contributed by atoms with E-state index in [1.54, 1.807) is 12.1 Å². The minimum absolute atomic E-state index is 0.0789. The van der Waals surface area contributed by atoms with Gasteiger partial charge in [-0.1, -0.05) is 30.3 Å². The number of nitrogens with zero attached hydrogens (tertiary/aromatic N) is 1. The van der Waals surface area contributed by atoms with E-state index in [0.29, 0.717) is 6.07 Å². The Morgan fingerprint density at radius 2 is 1.59 bits per heavy atom. The SMILES string of the molecule is O=C(Nc1ccc(F)cc1F)c1ccc2c(c1)C(=O)N(Cc1ccccc1)C2=O. The van der Waals surface area contributed by atoms with Crippen LogP contribution in [0, 0.1) is 11.6 Å². The normalized spacial score (nSPS) is 12.8. The van der Waals surface area contributed by atoms with E-state index in [2.05, 4.69) is 5.32 Å². The van der Waals surface area contributed by atoms with Crippen LogP contribution in [0.25, 0.3) is 0 Å². The van der Waals surface area contributed by atoms with E-state index in [9.17, 15) is 23.2 Å². The fourth-order valence-corrected chi connectivity index (χ4v) is 3.13. The van der Waals surface area contributed by atoms with Crippen LogP contribution in [-0.4, -0.2) is 22.6 Å². The Bertz CT molecular complexity index is 1150. The van der Waals surface area contributed by atoms with E-state index in [1.165, 1.54) is 18.2 Å². The summed E-state index contributed by atoms with van der Waals surface area (Å²) in [5, 5.41) is 2.33. The van der Waals surface area contributed by atoms with Crippen LogP contribution >= 0.6 is 0 Å². The van der Waals surface area contributed by atoms with Gasteiger partial charge in [0.1, 0.15) is 11.6 Å². The van der Waals surface area contributed by atoms with Crippen molar-refractivity contribution < 1.29 is 23.2 Å². The van der Waals surface area contributed by atoms with Crippen molar-refractivity contribution in [2.75, 3.05) is 5.32 Å². The summed E-state index contributed by atoms with van der Waals surface area (Å²) >= 11 is 0. The first-order valence-electron chi connectivity index (χ1n) is 8.74. The lowest BCUT2D eigenvalue weighted by molar-refractivity contribution is 0.0642. The third-order valence-corrected chi connectivity index (χ3v) is 4.60. The van der Waals surface area contributed by atoms with E-state index < -0.39 is 29.4 Å². The zero-order chi connectivity index (χ0) is 20.5. The molecule has 0 bridgehead atoms. The van der Waals surface area contributed by atoms with Gasteiger partial charge in [0.05, 0.1) is 23.4 Å². The maximum atomic E-state index is 13.8. The number of nitrogens with one attached hydrogen (secondary N) is 1. The van der Waals surface area contributed by atoms with Crippen LogP contribution in [0.5, 0.6) is 0 Å². The second kappa shape index (κ2) is 7.27. The smallest absolute Gasteiger partial charge is 0.261 e. The van der Waals surface area contributed by atoms with E-state index >= 15 is 0 Å². The highest BCUT2D eigenvalue weighted by molar-refractivity contribution is 6.22. The molecule has 5 nitrogen and oxygen atoms in total. The molecule has 0 aromatic heterocycles. The number of benzene rings is 3. The van der Waals surface area contributed by atoms with Crippen LogP contribution < -0.4 is 5.32 Å². The van der Waals surface area contributed by atoms with Crippen LogP contribution in [0.2, 0.25) is 0 Å². The summed E-state index contributed by atoms with van der Waals surface area (Å²) in [6, 6.07) is 15.9. The minimum atomic E-state index is -0.917. The highest BCUT2D eigenvalue weighted by Crippen LogP contribution is 2.26. The van der Waals surface area contributed by atoms with Gasteiger partial charge in [-0.15, -0.1) is 0 Å². The molecule has 0 saturated heterocycles. The van der Waals surface area contributed by atoms with Crippen molar-refractivity contribution in [2.24, 2.45) is 0 Å². The van der Waals surface area contributed by atoms with Gasteiger partial charge in [0, 0.05) is 11.6 Å². The molecule has 0 unspecified atom stereocenters. The Balaban J connectivity index is 1.57. The number of carbonyl (C=O) groups is 3. The molecular weight excluding hydrogens is 378 g/mol. The fraction of sp³-hybridized carbons (Fsp3) is 0.0455. The highest BCUT2D eigenvalue weighted by Gasteiger charge is 2.36. The number of carbonyl (C=O) groups excluding carboxylic acids is 3. The lowest BCUT2D eigenvalue weighted by Crippen LogP contribution is -2.29. The van der Waals surface area contributed by atoms with Crippen molar-refractivity contribution in [3.63, 3.8) is 0 Å². The molecule has 3 aromatic carbocycles. The average Bonchev–Trinajstić information content (AvgIpc) is 2.95. The molecule has 1 aliphatic rings. The predicted molar refractivity (Wildman–Crippen MR) is 101 cm³/mol. The van der Waals surface area contributed by atoms with Gasteiger partial charge in [-0.2, -0.15) is 0 Å². The molecular formula is C22H14F2N2O3. The fourth-order valence-electron chi connectivity index (χ4n) is 3.13. The van der Waals surface area contributed by atoms with E-state index in [0.717, 1.165) is 22.6 Å². The zero-order valence-electron chi connectivity index (χ0n) is 15.0. The Morgan fingerprint density at radius 3 is 2.31 bits per heavy atom. The Hall–Kier alpha value is -3.87. The van der Waals surface area contributed by atoms with Gasteiger partial charge in [-0.25, -0.2) is 8.78 Å². The van der Waals surface area contributed by atoms with Crippen LogP contribution in [0.1, 0.15) is 36.6 Å². The Labute approximate surface area is 164 Å². The van der Waals surface area contributed by atoms with Crippen molar-refractivity contribution in [2.45, 2.75) is 6.54 Å². The number of hydrogen-bond donors (Lipinski definition) is 1. The molecule has 3 aromatic rings. The molecule has 0 radical (unpaired) electrons. The quantitative estimate of drug-likeness (QED) is 0.682. The van der Waals surface area contributed by atoms with Crippen molar-refractivity contribution in [1.82, 2.24) is 4.90 Å². The van der Waals surface area contributed by atoms with Crippen LogP contribution in [-0.2, 0) is 6.54 Å². The molecule has 7 heteroatoms. The van der Waals surface area contributed by atoms with Crippen molar-refractivity contribution in [3.05, 3.63) is 101 Å². The standard InChI is InChI=1S/C22H14F2N2O3/c23-15-7-9-19(18(24)11-15)25-20(27)14-6-8-16-17(10-14)22(29)26(21(16)28)12-13-4-2-1-3-5-13/h1-11H,12H2,(H,25,27). The molecule has 144 valence electrons. The summed E-state index contributed by atoms with van der Waals surface area (Å²) in [6.07, 6.45) is 0. The monoisotopic (exact) mass is 392 g/mol. The van der Waals surface area contributed by atoms with Gasteiger partial charge in [0.15, 0.2) is 0 Å². The number of fused-ring (bicyclic) bond motifs is 1. The van der Waals surface area contributed by atoms with E-state index in [-0.39, 0.29) is 28.9 Å². The predicted octanol–water partition coefficient (Wildman–Crippen LogP) is 4.01. The second-order valence-corrected chi connectivity index (χ2v) is 6.52. The van der Waals surface area contributed by atoms with Gasteiger partial charge in [-0.05, 0) is 35.9 Å². The van der Waals surface area contributed by atoms with Gasteiger partial charge in [-0.3, -0.25) is 19.3 Å². The maximum absolute atomic E-state index is 13.8. The molecule has 0 atom stereocenters. The number of anilines is 1. The van der Waals surface area contributed by atoms with E-state index in [4.69, 9.17) is 0 Å². The van der Waals surface area contributed by atoms with Crippen molar-refractivity contribution in [3.8, 4) is 0 Å². The molecule has 0 saturated carbocycles. The van der Waals surface area contributed by atoms with Crippen LogP contribution in [0.15, 0.2) is 66.7 Å². The van der Waals surface area contributed by atoms with Gasteiger partial charge >= 0.3 is 0 Å². The van der Waals surface area contributed by atoms with Crippen molar-refractivity contribution >= 4 is 23.4 Å². The number of hydrogen-bond acceptors (Lipinski definition) is 3. The first-order chi connectivity index (χ1) is 13.9. The summed E-state index contributed by atoms with van der Waals surface area (Å²) in [7, 11) is 0. The van der Waals surface area contributed by atoms with E-state index in [1.807, 2.05) is 18.2 Å². The first-order valence-corrected chi connectivity index (χ1v) is 8.74. The summed E-state index contributed by atoms with van der Waals surface area (Å²) < 4.78 is 26.8. The minimum Gasteiger partial charge on any atom is -0.319 e. The highest BCUT2D eigenvalue weighted by atomic mass is 19.1. The Morgan fingerprint density at radius 1 is 0.862 bits per heavy atom. The molecule has 0 aliphatic carbocycles. The maximum Gasteiger partial charge on any atom is 0.261 e. The lowest BCUT2D eigenvalue weighted by atomic mass is 10.1. The average molecular weight is 392 g/mol. The molecule has 29 heavy (non-hydrogen) atoms. The third-order valence-electron chi connectivity index (χ3n) is 4.60. The summed E-state index contributed by atoms with van der Waals surface area (Å²) in [5.41, 5.74) is 1.00. The van der Waals surface area contributed by atoms with Crippen LogP contribution in [0.4, 0.5) is 14.5 Å². The topological polar surface area (TPSA) is 66.5 Å². The number of rotatable bonds is 4. The number of halogens is 2. The summed E-state index contributed by atoms with van der Waals surface area (Å²) in [6.45, 7) is 0.121. The molecule has 0 spiro atoms. The molecule has 1 N–H and O–H groups in total. The first kappa shape index (κ1) is 18.5. The van der Waals surface area contributed by atoms with Gasteiger partial charge in [0.2, 0.25) is 0 Å². The Kier molecular flexibility index (Phi) is 4.64. The molecule has 3 amide bonds. The second-order valence-electron chi connectivity index (χ2n) is 6.52. The number of imide groups is 1.